The highest BCUT2D eigenvalue weighted by molar-refractivity contribution is 5.84. The van der Waals surface area contributed by atoms with Crippen molar-refractivity contribution in [3.05, 3.63) is 0 Å². The van der Waals surface area contributed by atoms with Crippen LogP contribution < -0.4 is 11.1 Å². The molecule has 0 saturated carbocycles. The minimum Gasteiger partial charge on any atom is -0.480 e. The Balaban J connectivity index is 4.06. The van der Waals surface area contributed by atoms with Crippen LogP contribution in [0, 0.1) is 0 Å². The molecule has 0 aromatic carbocycles. The van der Waals surface area contributed by atoms with Gasteiger partial charge in [0.05, 0.1) is 13.7 Å². The molecular weight excluding hydrogens is 244 g/mol. The summed E-state index contributed by atoms with van der Waals surface area (Å²) in [6, 6.07) is -1.14. The van der Waals surface area contributed by atoms with E-state index in [-0.39, 0.29) is 32.6 Å². The lowest BCUT2D eigenvalue weighted by atomic mass is 10.1. The highest BCUT2D eigenvalue weighted by Crippen LogP contribution is 1.99. The van der Waals surface area contributed by atoms with Crippen LogP contribution in [-0.4, -0.2) is 55.9 Å². The van der Waals surface area contributed by atoms with Crippen molar-refractivity contribution >= 4 is 17.8 Å². The average Bonchev–Trinajstić information content (AvgIpc) is 2.33. The zero-order chi connectivity index (χ0) is 14.0. The van der Waals surface area contributed by atoms with Crippen LogP contribution in [0.4, 0.5) is 0 Å². The van der Waals surface area contributed by atoms with E-state index in [4.69, 9.17) is 15.6 Å². The fourth-order valence-electron chi connectivity index (χ4n) is 1.11. The molecule has 0 aliphatic heterocycles. The monoisotopic (exact) mass is 262 g/mol. The fraction of sp³-hybridized carbons (Fsp3) is 0.700. The number of nitrogens with two attached hydrogens (primary N) is 1. The normalized spacial score (nSPS) is 11.7. The zero-order valence-corrected chi connectivity index (χ0v) is 10.2. The van der Waals surface area contributed by atoms with Gasteiger partial charge in [0.2, 0.25) is 5.91 Å². The third-order valence-electron chi connectivity index (χ3n) is 1.99. The molecule has 18 heavy (non-hydrogen) atoms. The molecule has 0 radical (unpaired) electrons. The van der Waals surface area contributed by atoms with Gasteiger partial charge in [0.1, 0.15) is 12.6 Å². The Kier molecular flexibility index (Phi) is 8.50. The number of methoxy groups -OCH3 is 1. The van der Waals surface area contributed by atoms with Crippen LogP contribution >= 0.6 is 0 Å². The van der Waals surface area contributed by atoms with Crippen molar-refractivity contribution in [1.82, 2.24) is 5.32 Å². The highest BCUT2D eigenvalue weighted by atomic mass is 16.5. The highest BCUT2D eigenvalue weighted by Gasteiger charge is 2.21. The quantitative estimate of drug-likeness (QED) is 0.340. The van der Waals surface area contributed by atoms with E-state index in [1.165, 1.54) is 7.11 Å². The minimum absolute atomic E-state index is 0.0371. The summed E-state index contributed by atoms with van der Waals surface area (Å²) < 4.78 is 9.23. The van der Waals surface area contributed by atoms with Gasteiger partial charge in [-0.3, -0.25) is 9.59 Å². The summed E-state index contributed by atoms with van der Waals surface area (Å²) in [6.07, 6.45) is -0.123. The first kappa shape index (κ1) is 16.3. The predicted molar refractivity (Wildman–Crippen MR) is 60.7 cm³/mol. The molecule has 0 aliphatic rings. The third kappa shape index (κ3) is 7.58. The second-order valence-corrected chi connectivity index (χ2v) is 3.41. The van der Waals surface area contributed by atoms with Crippen LogP contribution in [0.25, 0.3) is 0 Å². The molecule has 0 aromatic rings. The minimum atomic E-state index is -1.22. The number of hydrogen-bond acceptors (Lipinski definition) is 6. The SMILES string of the molecule is COC(=O)CC[C@H](NC(=O)COCCN)C(=O)O. The van der Waals surface area contributed by atoms with Gasteiger partial charge >= 0.3 is 11.9 Å². The van der Waals surface area contributed by atoms with Crippen LogP contribution in [0.5, 0.6) is 0 Å². The van der Waals surface area contributed by atoms with Crippen molar-refractivity contribution in [3.8, 4) is 0 Å². The second kappa shape index (κ2) is 9.37. The molecule has 0 aromatic heterocycles. The van der Waals surface area contributed by atoms with E-state index in [1.54, 1.807) is 0 Å². The lowest BCUT2D eigenvalue weighted by molar-refractivity contribution is -0.144. The maximum Gasteiger partial charge on any atom is 0.326 e. The second-order valence-electron chi connectivity index (χ2n) is 3.41. The number of amides is 1. The summed E-state index contributed by atoms with van der Waals surface area (Å²) in [5.74, 6) is -2.32. The maximum absolute atomic E-state index is 11.3. The van der Waals surface area contributed by atoms with Gasteiger partial charge in [-0.2, -0.15) is 0 Å². The molecule has 0 rings (SSSR count). The largest absolute Gasteiger partial charge is 0.480 e. The Hall–Kier alpha value is -1.67. The smallest absolute Gasteiger partial charge is 0.326 e. The number of carboxylic acids is 1. The topological polar surface area (TPSA) is 128 Å². The number of aliphatic carboxylic acids is 1. The number of carbonyl (C=O) groups is 3. The van der Waals surface area contributed by atoms with Crippen molar-refractivity contribution in [3.63, 3.8) is 0 Å². The van der Waals surface area contributed by atoms with Gasteiger partial charge in [0, 0.05) is 13.0 Å². The van der Waals surface area contributed by atoms with Crippen LogP contribution in [0.3, 0.4) is 0 Å². The molecule has 0 aliphatic carbocycles. The molecule has 8 nitrogen and oxygen atoms in total. The summed E-state index contributed by atoms with van der Waals surface area (Å²) in [4.78, 5) is 33.0. The number of esters is 1. The standard InChI is InChI=1S/C10H18N2O6/c1-17-9(14)3-2-7(10(15)16)12-8(13)6-18-5-4-11/h7H,2-6,11H2,1H3,(H,12,13)(H,15,16)/t7-/m0/s1. The van der Waals surface area contributed by atoms with E-state index in [0.29, 0.717) is 0 Å². The molecule has 1 amide bonds. The first-order valence-corrected chi connectivity index (χ1v) is 5.38. The number of carboxylic acid groups (broad SMARTS) is 1. The molecule has 4 N–H and O–H groups in total. The van der Waals surface area contributed by atoms with Crippen molar-refractivity contribution < 1.29 is 29.0 Å². The molecule has 0 heterocycles. The molecule has 104 valence electrons. The van der Waals surface area contributed by atoms with Crippen molar-refractivity contribution in [2.24, 2.45) is 5.73 Å². The van der Waals surface area contributed by atoms with E-state index in [2.05, 4.69) is 10.1 Å². The van der Waals surface area contributed by atoms with E-state index in [9.17, 15) is 14.4 Å². The summed E-state index contributed by atoms with van der Waals surface area (Å²) in [5, 5.41) is 11.1. The number of ether oxygens (including phenoxy) is 2. The molecule has 0 bridgehead atoms. The van der Waals surface area contributed by atoms with Crippen molar-refractivity contribution in [1.29, 1.82) is 0 Å². The Morgan fingerprint density at radius 1 is 1.39 bits per heavy atom. The van der Waals surface area contributed by atoms with Crippen LogP contribution in [0.15, 0.2) is 0 Å². The van der Waals surface area contributed by atoms with E-state index >= 15 is 0 Å². The van der Waals surface area contributed by atoms with Crippen LogP contribution in [0.1, 0.15) is 12.8 Å². The Bertz CT molecular complexity index is 294. The van der Waals surface area contributed by atoms with Gasteiger partial charge in [-0.05, 0) is 6.42 Å². The predicted octanol–water partition coefficient (Wildman–Crippen LogP) is -1.52. The first-order chi connectivity index (χ1) is 8.51. The van der Waals surface area contributed by atoms with E-state index in [1.807, 2.05) is 0 Å². The van der Waals surface area contributed by atoms with Gasteiger partial charge in [-0.1, -0.05) is 0 Å². The molecular formula is C10H18N2O6. The van der Waals surface area contributed by atoms with Gasteiger partial charge in [-0.25, -0.2) is 4.79 Å². The number of rotatable bonds is 9. The number of nitrogens with one attached hydrogen (secondary N) is 1. The van der Waals surface area contributed by atoms with Gasteiger partial charge < -0.3 is 25.6 Å². The molecule has 0 saturated heterocycles. The fourth-order valence-corrected chi connectivity index (χ4v) is 1.11. The Morgan fingerprint density at radius 2 is 2.06 bits per heavy atom. The van der Waals surface area contributed by atoms with Crippen LogP contribution in [0.2, 0.25) is 0 Å². The third-order valence-corrected chi connectivity index (χ3v) is 1.99. The Labute approximate surface area is 104 Å². The first-order valence-electron chi connectivity index (χ1n) is 5.38. The molecule has 0 fully saturated rings. The average molecular weight is 262 g/mol. The summed E-state index contributed by atoms with van der Waals surface area (Å²) in [7, 11) is 1.21. The van der Waals surface area contributed by atoms with Gasteiger partial charge in [-0.15, -0.1) is 0 Å². The lowest BCUT2D eigenvalue weighted by Gasteiger charge is -2.13. The molecule has 8 heteroatoms. The van der Waals surface area contributed by atoms with Crippen LogP contribution in [-0.2, 0) is 23.9 Å². The van der Waals surface area contributed by atoms with E-state index < -0.39 is 23.9 Å². The summed E-state index contributed by atoms with van der Waals surface area (Å²) in [6.45, 7) is 0.227. The van der Waals surface area contributed by atoms with Gasteiger partial charge in [0.25, 0.3) is 0 Å². The molecule has 1 atom stereocenters. The number of hydrogen-bond donors (Lipinski definition) is 3. The zero-order valence-electron chi connectivity index (χ0n) is 10.2. The molecule has 0 unspecified atom stereocenters. The van der Waals surface area contributed by atoms with Gasteiger partial charge in [0.15, 0.2) is 0 Å². The Morgan fingerprint density at radius 3 is 2.56 bits per heavy atom. The van der Waals surface area contributed by atoms with Crippen molar-refractivity contribution in [2.75, 3.05) is 26.9 Å². The summed E-state index contributed by atoms with van der Waals surface area (Å²) in [5.41, 5.74) is 5.16. The summed E-state index contributed by atoms with van der Waals surface area (Å²) >= 11 is 0. The van der Waals surface area contributed by atoms with Crippen molar-refractivity contribution in [2.45, 2.75) is 18.9 Å². The molecule has 0 spiro atoms. The maximum atomic E-state index is 11.3. The lowest BCUT2D eigenvalue weighted by Crippen LogP contribution is -2.42. The number of carbonyl (C=O) groups excluding carboxylic acids is 2. The van der Waals surface area contributed by atoms with E-state index in [0.717, 1.165) is 0 Å².